The van der Waals surface area contributed by atoms with E-state index in [2.05, 4.69) is 37.7 Å². The number of likely N-dealkylation sites (tertiary alicyclic amines) is 1. The first-order valence-electron chi connectivity index (χ1n) is 14.0. The predicted octanol–water partition coefficient (Wildman–Crippen LogP) is 3.76. The Kier molecular flexibility index (Phi) is 8.55. The Morgan fingerprint density at radius 1 is 1.10 bits per heavy atom. The van der Waals surface area contributed by atoms with Crippen molar-refractivity contribution in [1.29, 1.82) is 0 Å². The van der Waals surface area contributed by atoms with Gasteiger partial charge in [0.1, 0.15) is 5.82 Å². The van der Waals surface area contributed by atoms with E-state index in [1.54, 1.807) is 18.5 Å². The molecular formula is C30H34F3N5O3. The van der Waals surface area contributed by atoms with E-state index in [1.807, 2.05) is 6.08 Å². The predicted molar refractivity (Wildman–Crippen MR) is 146 cm³/mol. The van der Waals surface area contributed by atoms with Crippen molar-refractivity contribution in [3.05, 3.63) is 83.5 Å². The molecule has 3 N–H and O–H groups in total. The second-order valence-corrected chi connectivity index (χ2v) is 11.0. The van der Waals surface area contributed by atoms with E-state index >= 15 is 0 Å². The Bertz CT molecular complexity index is 1310. The highest BCUT2D eigenvalue weighted by atomic mass is 19.4. The molecule has 0 spiro atoms. The first-order valence-corrected chi connectivity index (χ1v) is 14.0. The Morgan fingerprint density at radius 2 is 1.85 bits per heavy atom. The zero-order valence-corrected chi connectivity index (χ0v) is 22.6. The van der Waals surface area contributed by atoms with Gasteiger partial charge in [-0.25, -0.2) is 9.97 Å². The normalized spacial score (nSPS) is 26.8. The molecule has 1 saturated heterocycles. The van der Waals surface area contributed by atoms with E-state index in [-0.39, 0.29) is 30.0 Å². The van der Waals surface area contributed by atoms with Crippen molar-refractivity contribution in [2.45, 2.75) is 68.3 Å². The zero-order valence-electron chi connectivity index (χ0n) is 22.6. The summed E-state index contributed by atoms with van der Waals surface area (Å²) in [5.74, 6) is -0.222. The minimum atomic E-state index is -4.55. The summed E-state index contributed by atoms with van der Waals surface area (Å²) in [5, 5.41) is 16.7. The second-order valence-electron chi connectivity index (χ2n) is 11.0. The summed E-state index contributed by atoms with van der Waals surface area (Å²) in [7, 11) is 0. The number of amides is 2. The van der Waals surface area contributed by atoms with Crippen LogP contribution in [0.25, 0.3) is 0 Å². The van der Waals surface area contributed by atoms with Crippen molar-refractivity contribution in [3.8, 4) is 0 Å². The van der Waals surface area contributed by atoms with Crippen LogP contribution in [0.2, 0.25) is 0 Å². The van der Waals surface area contributed by atoms with E-state index in [0.717, 1.165) is 61.8 Å². The molecule has 0 radical (unpaired) electrons. The summed E-state index contributed by atoms with van der Waals surface area (Å²) < 4.78 is 38.7. The number of nitrogens with one attached hydrogen (secondary N) is 2. The SMILES string of the molecule is O=C(CNC(=O)c1cccc(C(F)(F)F)c1)N[C@@H]1CCN(C2CCC(O)(C3=CCC(c4ncccn4)C=C3)CC2)C1. The molecule has 2 amide bonds. The number of nitrogens with zero attached hydrogens (tertiary/aromatic N) is 3. The van der Waals surface area contributed by atoms with Crippen molar-refractivity contribution in [2.24, 2.45) is 0 Å². The molecule has 8 nitrogen and oxygen atoms in total. The van der Waals surface area contributed by atoms with Gasteiger partial charge in [-0.1, -0.05) is 24.3 Å². The number of benzene rings is 1. The van der Waals surface area contributed by atoms with Crippen LogP contribution in [0.5, 0.6) is 0 Å². The van der Waals surface area contributed by atoms with Gasteiger partial charge >= 0.3 is 6.18 Å². The number of rotatable bonds is 7. The molecule has 2 aliphatic carbocycles. The number of aromatic nitrogens is 2. The Labute approximate surface area is 236 Å². The third-order valence-electron chi connectivity index (χ3n) is 8.30. The third-order valence-corrected chi connectivity index (χ3v) is 8.30. The molecule has 41 heavy (non-hydrogen) atoms. The van der Waals surface area contributed by atoms with Gasteiger partial charge in [0.25, 0.3) is 5.91 Å². The fourth-order valence-electron chi connectivity index (χ4n) is 6.01. The van der Waals surface area contributed by atoms with Gasteiger partial charge in [0, 0.05) is 49.0 Å². The lowest BCUT2D eigenvalue weighted by atomic mass is 9.75. The van der Waals surface area contributed by atoms with Gasteiger partial charge in [0.15, 0.2) is 0 Å². The summed E-state index contributed by atoms with van der Waals surface area (Å²) in [6.45, 7) is 1.19. The van der Waals surface area contributed by atoms with Crippen LogP contribution in [0, 0.1) is 0 Å². The van der Waals surface area contributed by atoms with Crippen molar-refractivity contribution in [2.75, 3.05) is 19.6 Å². The number of allylic oxidation sites excluding steroid dienone is 2. The highest BCUT2D eigenvalue weighted by Crippen LogP contribution is 2.40. The molecule has 2 heterocycles. The van der Waals surface area contributed by atoms with Gasteiger partial charge in [0.05, 0.1) is 17.7 Å². The lowest BCUT2D eigenvalue weighted by Crippen LogP contribution is -2.46. The van der Waals surface area contributed by atoms with Crippen LogP contribution < -0.4 is 10.6 Å². The van der Waals surface area contributed by atoms with E-state index in [1.165, 1.54) is 6.07 Å². The molecule has 218 valence electrons. The number of alkyl halides is 3. The van der Waals surface area contributed by atoms with Crippen molar-refractivity contribution < 1.29 is 27.9 Å². The maximum absolute atomic E-state index is 12.9. The fraction of sp³-hybridized carbons (Fsp3) is 0.467. The van der Waals surface area contributed by atoms with Gasteiger partial charge in [-0.2, -0.15) is 13.2 Å². The molecule has 2 fully saturated rings. The highest BCUT2D eigenvalue weighted by molar-refractivity contribution is 5.96. The lowest BCUT2D eigenvalue weighted by molar-refractivity contribution is -0.137. The average Bonchev–Trinajstić information content (AvgIpc) is 3.44. The summed E-state index contributed by atoms with van der Waals surface area (Å²) in [6.07, 6.45) is 9.66. The third kappa shape index (κ3) is 7.02. The number of carbonyl (C=O) groups excluding carboxylic acids is 2. The molecule has 3 aliphatic rings. The van der Waals surface area contributed by atoms with E-state index in [0.29, 0.717) is 25.4 Å². The van der Waals surface area contributed by atoms with E-state index in [9.17, 15) is 27.9 Å². The zero-order chi connectivity index (χ0) is 29.0. The van der Waals surface area contributed by atoms with Crippen LogP contribution in [0.3, 0.4) is 0 Å². The van der Waals surface area contributed by atoms with Gasteiger partial charge in [-0.05, 0) is 68.4 Å². The largest absolute Gasteiger partial charge is 0.416 e. The first kappa shape index (κ1) is 28.9. The topological polar surface area (TPSA) is 107 Å². The number of hydrogen-bond donors (Lipinski definition) is 3. The molecule has 2 atom stereocenters. The van der Waals surface area contributed by atoms with E-state index < -0.39 is 23.2 Å². The average molecular weight is 570 g/mol. The summed E-state index contributed by atoms with van der Waals surface area (Å²) >= 11 is 0. The van der Waals surface area contributed by atoms with Crippen LogP contribution >= 0.6 is 0 Å². The van der Waals surface area contributed by atoms with Gasteiger partial charge in [-0.15, -0.1) is 0 Å². The molecule has 2 aromatic rings. The minimum Gasteiger partial charge on any atom is -0.385 e. The maximum Gasteiger partial charge on any atom is 0.416 e. The Morgan fingerprint density at radius 3 is 2.54 bits per heavy atom. The van der Waals surface area contributed by atoms with Crippen LogP contribution in [0.15, 0.2) is 66.5 Å². The number of carbonyl (C=O) groups is 2. The van der Waals surface area contributed by atoms with Crippen molar-refractivity contribution >= 4 is 11.8 Å². The molecular weight excluding hydrogens is 535 g/mol. The molecule has 1 aromatic carbocycles. The molecule has 1 aliphatic heterocycles. The quantitative estimate of drug-likeness (QED) is 0.469. The molecule has 1 saturated carbocycles. The van der Waals surface area contributed by atoms with Gasteiger partial charge in [0.2, 0.25) is 5.91 Å². The summed E-state index contributed by atoms with van der Waals surface area (Å²) in [6, 6.07) is 6.14. The summed E-state index contributed by atoms with van der Waals surface area (Å²) in [4.78, 5) is 35.7. The monoisotopic (exact) mass is 569 g/mol. The second kappa shape index (κ2) is 12.1. The maximum atomic E-state index is 12.9. The highest BCUT2D eigenvalue weighted by Gasteiger charge is 2.39. The summed E-state index contributed by atoms with van der Waals surface area (Å²) in [5.41, 5.74) is -0.954. The van der Waals surface area contributed by atoms with Crippen molar-refractivity contribution in [3.63, 3.8) is 0 Å². The number of aliphatic hydroxyl groups is 1. The van der Waals surface area contributed by atoms with Crippen LogP contribution in [-0.2, 0) is 11.0 Å². The molecule has 11 heteroatoms. The molecule has 0 bridgehead atoms. The van der Waals surface area contributed by atoms with Gasteiger partial charge < -0.3 is 15.7 Å². The van der Waals surface area contributed by atoms with Crippen molar-refractivity contribution in [1.82, 2.24) is 25.5 Å². The Hall–Kier alpha value is -3.57. The van der Waals surface area contributed by atoms with Crippen LogP contribution in [-0.4, -0.2) is 69.1 Å². The van der Waals surface area contributed by atoms with Gasteiger partial charge in [-0.3, -0.25) is 14.5 Å². The van der Waals surface area contributed by atoms with Crippen LogP contribution in [0.4, 0.5) is 13.2 Å². The number of halogens is 3. The molecule has 1 aromatic heterocycles. The Balaban J connectivity index is 1.05. The van der Waals surface area contributed by atoms with Crippen LogP contribution in [0.1, 0.15) is 66.2 Å². The lowest BCUT2D eigenvalue weighted by Gasteiger charge is -2.41. The minimum absolute atomic E-state index is 0.0742. The molecule has 5 rings (SSSR count). The van der Waals surface area contributed by atoms with E-state index in [4.69, 9.17) is 0 Å². The molecule has 1 unspecified atom stereocenters. The first-order chi connectivity index (χ1) is 19.6. The number of hydrogen-bond acceptors (Lipinski definition) is 6. The smallest absolute Gasteiger partial charge is 0.385 e. The fourth-order valence-corrected chi connectivity index (χ4v) is 6.01. The standard InChI is InChI=1S/C30H34F3N5O3/c31-30(32,33)23-4-1-3-21(17-23)28(40)36-18-26(39)37-24-11-16-38(19-24)25-9-12-29(41,13-10-25)22-7-5-20(6-8-22)27-34-14-2-15-35-27/h1-5,7-8,14-15,17,20,24-25,41H,6,9-13,16,18-19H2,(H,36,40)(H,37,39)/t20?,24-,25?,29?/m1/s1.